The van der Waals surface area contributed by atoms with Gasteiger partial charge in [-0.25, -0.2) is 0 Å². The van der Waals surface area contributed by atoms with Gasteiger partial charge in [-0.3, -0.25) is 0 Å². The molecule has 0 aromatic heterocycles. The first-order valence-corrected chi connectivity index (χ1v) is 6.43. The van der Waals surface area contributed by atoms with Crippen molar-refractivity contribution in [1.29, 1.82) is 0 Å². The molecule has 1 aromatic rings. The highest BCUT2D eigenvalue weighted by molar-refractivity contribution is 5.33. The largest absolute Gasteiger partial charge is 0.496 e. The van der Waals surface area contributed by atoms with Crippen molar-refractivity contribution < 1.29 is 4.74 Å². The van der Waals surface area contributed by atoms with Crippen LogP contribution in [0.4, 0.5) is 0 Å². The van der Waals surface area contributed by atoms with Crippen molar-refractivity contribution in [2.45, 2.75) is 26.7 Å². The van der Waals surface area contributed by atoms with Crippen LogP contribution in [0.5, 0.6) is 5.75 Å². The van der Waals surface area contributed by atoms with Crippen LogP contribution >= 0.6 is 0 Å². The highest BCUT2D eigenvalue weighted by Crippen LogP contribution is 2.23. The summed E-state index contributed by atoms with van der Waals surface area (Å²) in [6.45, 7) is 5.63. The van der Waals surface area contributed by atoms with E-state index in [1.807, 2.05) is 19.2 Å². The highest BCUT2D eigenvalue weighted by atomic mass is 16.5. The molecule has 0 aliphatic heterocycles. The van der Waals surface area contributed by atoms with Gasteiger partial charge in [0.1, 0.15) is 5.75 Å². The molecule has 2 nitrogen and oxygen atoms in total. The molecule has 1 aromatic carbocycles. The topological polar surface area (TPSA) is 21.3 Å². The van der Waals surface area contributed by atoms with E-state index in [1.165, 1.54) is 12.0 Å². The molecule has 0 spiro atoms. The van der Waals surface area contributed by atoms with Crippen LogP contribution in [-0.2, 0) is 6.42 Å². The van der Waals surface area contributed by atoms with Crippen molar-refractivity contribution in [2.75, 3.05) is 20.7 Å². The van der Waals surface area contributed by atoms with Crippen molar-refractivity contribution in [2.24, 2.45) is 11.8 Å². The van der Waals surface area contributed by atoms with E-state index in [0.29, 0.717) is 5.92 Å². The fourth-order valence-corrected chi connectivity index (χ4v) is 2.38. The molecule has 96 valence electrons. The van der Waals surface area contributed by atoms with Gasteiger partial charge >= 0.3 is 0 Å². The Kier molecular flexibility index (Phi) is 6.06. The summed E-state index contributed by atoms with van der Waals surface area (Å²) in [5.41, 5.74) is 1.32. The third kappa shape index (κ3) is 4.78. The van der Waals surface area contributed by atoms with Gasteiger partial charge in [0, 0.05) is 0 Å². The maximum Gasteiger partial charge on any atom is 0.122 e. The molecular weight excluding hydrogens is 210 g/mol. The maximum atomic E-state index is 5.41. The number of ether oxygens (including phenoxy) is 1. The summed E-state index contributed by atoms with van der Waals surface area (Å²) in [7, 11) is 3.77. The molecule has 17 heavy (non-hydrogen) atoms. The summed E-state index contributed by atoms with van der Waals surface area (Å²) in [5, 5.41) is 3.29. The van der Waals surface area contributed by atoms with Gasteiger partial charge in [0.25, 0.3) is 0 Å². The molecule has 0 saturated heterocycles. The van der Waals surface area contributed by atoms with Crippen molar-refractivity contribution in [3.8, 4) is 5.75 Å². The lowest BCUT2D eigenvalue weighted by atomic mass is 9.90. The van der Waals surface area contributed by atoms with Crippen LogP contribution in [0.1, 0.15) is 25.8 Å². The zero-order valence-corrected chi connectivity index (χ0v) is 11.5. The predicted molar refractivity (Wildman–Crippen MR) is 73.6 cm³/mol. The molecule has 0 fully saturated rings. The standard InChI is InChI=1S/C15H25NO/c1-12(2)9-13(11-16-3)10-14-7-5-6-8-15(14)17-4/h5-8,12-13,16H,9-11H2,1-4H3. The molecule has 0 saturated carbocycles. The van der Waals surface area contributed by atoms with Crippen LogP contribution in [0.2, 0.25) is 0 Å². The predicted octanol–water partition coefficient (Wildman–Crippen LogP) is 3.12. The minimum atomic E-state index is 0.677. The van der Waals surface area contributed by atoms with Crippen LogP contribution in [0, 0.1) is 11.8 Å². The molecular formula is C15H25NO. The van der Waals surface area contributed by atoms with E-state index in [9.17, 15) is 0 Å². The van der Waals surface area contributed by atoms with E-state index >= 15 is 0 Å². The Balaban J connectivity index is 2.70. The molecule has 0 aliphatic rings. The number of methoxy groups -OCH3 is 1. The molecule has 2 heteroatoms. The monoisotopic (exact) mass is 235 g/mol. The lowest BCUT2D eigenvalue weighted by molar-refractivity contribution is 0.377. The second kappa shape index (κ2) is 7.33. The summed E-state index contributed by atoms with van der Waals surface area (Å²) >= 11 is 0. The second-order valence-electron chi connectivity index (χ2n) is 5.07. The SMILES string of the molecule is CNCC(Cc1ccccc1OC)CC(C)C. The van der Waals surface area contributed by atoms with Crippen molar-refractivity contribution >= 4 is 0 Å². The summed E-state index contributed by atoms with van der Waals surface area (Å²) in [6.07, 6.45) is 2.34. The Labute approximate surface area is 105 Å². The van der Waals surface area contributed by atoms with Gasteiger partial charge in [0.2, 0.25) is 0 Å². The quantitative estimate of drug-likeness (QED) is 0.784. The summed E-state index contributed by atoms with van der Waals surface area (Å²) < 4.78 is 5.41. The van der Waals surface area contributed by atoms with Gasteiger partial charge in [0.15, 0.2) is 0 Å². The molecule has 0 heterocycles. The number of nitrogens with one attached hydrogen (secondary N) is 1. The maximum absolute atomic E-state index is 5.41. The Hall–Kier alpha value is -1.02. The zero-order valence-electron chi connectivity index (χ0n) is 11.5. The van der Waals surface area contributed by atoms with Crippen LogP contribution in [-0.4, -0.2) is 20.7 Å². The second-order valence-corrected chi connectivity index (χ2v) is 5.07. The Morgan fingerprint density at radius 3 is 2.53 bits per heavy atom. The van der Waals surface area contributed by atoms with E-state index < -0.39 is 0 Å². The molecule has 1 atom stereocenters. The van der Waals surface area contributed by atoms with Crippen LogP contribution in [0.25, 0.3) is 0 Å². The first kappa shape index (κ1) is 14.0. The fourth-order valence-electron chi connectivity index (χ4n) is 2.38. The number of hydrogen-bond donors (Lipinski definition) is 1. The van der Waals surface area contributed by atoms with Gasteiger partial charge in [-0.05, 0) is 49.9 Å². The first-order chi connectivity index (χ1) is 8.17. The third-order valence-electron chi connectivity index (χ3n) is 3.00. The van der Waals surface area contributed by atoms with Crippen molar-refractivity contribution in [1.82, 2.24) is 5.32 Å². The molecule has 1 N–H and O–H groups in total. The third-order valence-corrected chi connectivity index (χ3v) is 3.00. The Morgan fingerprint density at radius 2 is 1.94 bits per heavy atom. The average Bonchev–Trinajstić information content (AvgIpc) is 2.29. The molecule has 0 bridgehead atoms. The normalized spacial score (nSPS) is 12.8. The highest BCUT2D eigenvalue weighted by Gasteiger charge is 2.13. The molecule has 0 radical (unpaired) electrons. The van der Waals surface area contributed by atoms with Crippen molar-refractivity contribution in [3.63, 3.8) is 0 Å². The molecule has 1 rings (SSSR count). The minimum Gasteiger partial charge on any atom is -0.496 e. The number of para-hydroxylation sites is 1. The molecule has 1 unspecified atom stereocenters. The van der Waals surface area contributed by atoms with Crippen LogP contribution in [0.3, 0.4) is 0 Å². The molecule has 0 aliphatic carbocycles. The van der Waals surface area contributed by atoms with Gasteiger partial charge in [0.05, 0.1) is 7.11 Å². The summed E-state index contributed by atoms with van der Waals surface area (Å²) in [6, 6.07) is 8.32. The van der Waals surface area contributed by atoms with E-state index in [1.54, 1.807) is 7.11 Å². The summed E-state index contributed by atoms with van der Waals surface area (Å²) in [5.74, 6) is 2.43. The lowest BCUT2D eigenvalue weighted by Gasteiger charge is -2.20. The van der Waals surface area contributed by atoms with E-state index in [4.69, 9.17) is 4.74 Å². The Morgan fingerprint density at radius 1 is 1.24 bits per heavy atom. The summed E-state index contributed by atoms with van der Waals surface area (Å²) in [4.78, 5) is 0. The number of rotatable bonds is 7. The zero-order chi connectivity index (χ0) is 12.7. The van der Waals surface area contributed by atoms with E-state index in [2.05, 4.69) is 31.3 Å². The number of benzene rings is 1. The number of hydrogen-bond acceptors (Lipinski definition) is 2. The van der Waals surface area contributed by atoms with E-state index in [0.717, 1.165) is 24.6 Å². The molecule has 0 amide bonds. The lowest BCUT2D eigenvalue weighted by Crippen LogP contribution is -2.22. The van der Waals surface area contributed by atoms with Gasteiger partial charge in [-0.15, -0.1) is 0 Å². The van der Waals surface area contributed by atoms with Gasteiger partial charge < -0.3 is 10.1 Å². The average molecular weight is 235 g/mol. The van der Waals surface area contributed by atoms with Gasteiger partial charge in [-0.2, -0.15) is 0 Å². The first-order valence-electron chi connectivity index (χ1n) is 6.43. The van der Waals surface area contributed by atoms with Gasteiger partial charge in [-0.1, -0.05) is 32.0 Å². The smallest absolute Gasteiger partial charge is 0.122 e. The van der Waals surface area contributed by atoms with E-state index in [-0.39, 0.29) is 0 Å². The van der Waals surface area contributed by atoms with Crippen molar-refractivity contribution in [3.05, 3.63) is 29.8 Å². The Bertz CT molecular complexity index is 322. The van der Waals surface area contributed by atoms with Crippen LogP contribution < -0.4 is 10.1 Å². The fraction of sp³-hybridized carbons (Fsp3) is 0.600. The van der Waals surface area contributed by atoms with Crippen LogP contribution in [0.15, 0.2) is 24.3 Å². The minimum absolute atomic E-state index is 0.677.